The van der Waals surface area contributed by atoms with Crippen molar-refractivity contribution >= 4 is 0 Å². The van der Waals surface area contributed by atoms with Crippen molar-refractivity contribution in [1.29, 1.82) is 0 Å². The van der Waals surface area contributed by atoms with E-state index in [1.165, 1.54) is 0 Å². The Bertz CT molecular complexity index is 427. The van der Waals surface area contributed by atoms with Crippen molar-refractivity contribution < 1.29 is 18.6 Å². The van der Waals surface area contributed by atoms with E-state index in [1.807, 2.05) is 6.92 Å². The van der Waals surface area contributed by atoms with E-state index in [0.29, 0.717) is 17.9 Å². The Hall–Kier alpha value is -1.16. The second-order valence-corrected chi connectivity index (χ2v) is 5.81. The van der Waals surface area contributed by atoms with Gasteiger partial charge < -0.3 is 9.84 Å². The van der Waals surface area contributed by atoms with Crippen LogP contribution >= 0.6 is 0 Å². The summed E-state index contributed by atoms with van der Waals surface area (Å²) >= 11 is 0. The number of ether oxygens (including phenoxy) is 1. The first-order chi connectivity index (χ1) is 10.1. The Labute approximate surface area is 125 Å². The minimum Gasteiger partial charge on any atom is -0.494 e. The molecule has 0 spiro atoms. The van der Waals surface area contributed by atoms with E-state index in [0.717, 1.165) is 32.1 Å². The first kappa shape index (κ1) is 16.2. The summed E-state index contributed by atoms with van der Waals surface area (Å²) in [6, 6.07) is 6.94. The Morgan fingerprint density at radius 3 is 2.33 bits per heavy atom. The van der Waals surface area contributed by atoms with E-state index < -0.39 is 18.4 Å². The van der Waals surface area contributed by atoms with Gasteiger partial charge in [-0.05, 0) is 43.4 Å². The van der Waals surface area contributed by atoms with Gasteiger partial charge in [0.25, 0.3) is 0 Å². The Morgan fingerprint density at radius 1 is 1.19 bits per heavy atom. The SMILES string of the molecule is CCOc1ccc(C(O)(CC(F)F)C2CCCCC2)cc1. The number of aliphatic hydroxyl groups is 1. The molecular formula is C17H24F2O2. The van der Waals surface area contributed by atoms with Crippen LogP contribution < -0.4 is 4.74 Å². The van der Waals surface area contributed by atoms with Crippen LogP contribution in [-0.2, 0) is 5.60 Å². The lowest BCUT2D eigenvalue weighted by atomic mass is 9.72. The molecule has 0 amide bonds. The zero-order valence-corrected chi connectivity index (χ0v) is 12.5. The minimum atomic E-state index is -2.51. The second kappa shape index (κ2) is 7.21. The van der Waals surface area contributed by atoms with Crippen LogP contribution in [0.25, 0.3) is 0 Å². The third-order valence-corrected chi connectivity index (χ3v) is 4.41. The van der Waals surface area contributed by atoms with E-state index >= 15 is 0 Å². The largest absolute Gasteiger partial charge is 0.494 e. The molecule has 2 rings (SSSR count). The molecule has 1 aromatic carbocycles. The molecule has 0 aliphatic heterocycles. The smallest absolute Gasteiger partial charge is 0.241 e. The summed E-state index contributed by atoms with van der Waals surface area (Å²) in [5.74, 6) is 0.613. The first-order valence-electron chi connectivity index (χ1n) is 7.80. The highest BCUT2D eigenvalue weighted by molar-refractivity contribution is 5.31. The maximum absolute atomic E-state index is 13.0. The van der Waals surface area contributed by atoms with Crippen LogP contribution in [0, 0.1) is 5.92 Å². The predicted octanol–water partition coefficient (Wildman–Crippen LogP) is 4.51. The van der Waals surface area contributed by atoms with Crippen molar-refractivity contribution in [1.82, 2.24) is 0 Å². The van der Waals surface area contributed by atoms with Crippen molar-refractivity contribution in [3.05, 3.63) is 29.8 Å². The molecule has 1 aliphatic rings. The second-order valence-electron chi connectivity index (χ2n) is 5.81. The fourth-order valence-electron chi connectivity index (χ4n) is 3.34. The molecular weight excluding hydrogens is 274 g/mol. The van der Waals surface area contributed by atoms with Gasteiger partial charge >= 0.3 is 0 Å². The van der Waals surface area contributed by atoms with E-state index in [-0.39, 0.29) is 5.92 Å². The summed E-state index contributed by atoms with van der Waals surface area (Å²) < 4.78 is 31.3. The summed E-state index contributed by atoms with van der Waals surface area (Å²) in [5, 5.41) is 11.0. The summed E-state index contributed by atoms with van der Waals surface area (Å²) in [4.78, 5) is 0. The highest BCUT2D eigenvalue weighted by Crippen LogP contribution is 2.43. The molecule has 4 heteroatoms. The van der Waals surface area contributed by atoms with Gasteiger partial charge in [-0.1, -0.05) is 31.4 Å². The molecule has 0 aromatic heterocycles. The summed E-state index contributed by atoms with van der Waals surface area (Å²) in [5.41, 5.74) is -0.850. The van der Waals surface area contributed by atoms with Gasteiger partial charge in [0.2, 0.25) is 6.43 Å². The summed E-state index contributed by atoms with van der Waals surface area (Å²) in [6.45, 7) is 2.45. The lowest BCUT2D eigenvalue weighted by Gasteiger charge is -2.39. The quantitative estimate of drug-likeness (QED) is 0.837. The van der Waals surface area contributed by atoms with Gasteiger partial charge in [0, 0.05) is 6.42 Å². The van der Waals surface area contributed by atoms with Crippen LogP contribution in [0.4, 0.5) is 8.78 Å². The van der Waals surface area contributed by atoms with E-state index in [9.17, 15) is 13.9 Å². The standard InChI is InChI=1S/C17H24F2O2/c1-2-21-15-10-8-14(9-11-15)17(20,12-16(18)19)13-6-4-3-5-7-13/h8-11,13,16,20H,2-7,12H2,1H3. The van der Waals surface area contributed by atoms with Crippen LogP contribution in [0.3, 0.4) is 0 Å². The number of halogens is 2. The van der Waals surface area contributed by atoms with Crippen LogP contribution in [0.2, 0.25) is 0 Å². The van der Waals surface area contributed by atoms with Crippen LogP contribution in [0.5, 0.6) is 5.75 Å². The predicted molar refractivity (Wildman–Crippen MR) is 78.7 cm³/mol. The van der Waals surface area contributed by atoms with Gasteiger partial charge in [0.1, 0.15) is 5.75 Å². The van der Waals surface area contributed by atoms with Gasteiger partial charge in [-0.2, -0.15) is 0 Å². The van der Waals surface area contributed by atoms with Crippen LogP contribution in [-0.4, -0.2) is 18.1 Å². The topological polar surface area (TPSA) is 29.5 Å². The molecule has 1 aromatic rings. The van der Waals surface area contributed by atoms with Crippen molar-refractivity contribution in [2.24, 2.45) is 5.92 Å². The number of alkyl halides is 2. The zero-order valence-electron chi connectivity index (χ0n) is 12.5. The molecule has 118 valence electrons. The Balaban J connectivity index is 2.25. The maximum atomic E-state index is 13.0. The number of hydrogen-bond donors (Lipinski definition) is 1. The molecule has 1 aliphatic carbocycles. The summed E-state index contributed by atoms with van der Waals surface area (Å²) in [7, 11) is 0. The van der Waals surface area contributed by atoms with E-state index in [2.05, 4.69) is 0 Å². The first-order valence-corrected chi connectivity index (χ1v) is 7.80. The van der Waals surface area contributed by atoms with Gasteiger partial charge in [-0.25, -0.2) is 8.78 Å². The van der Waals surface area contributed by atoms with Gasteiger partial charge in [-0.3, -0.25) is 0 Å². The molecule has 1 saturated carbocycles. The summed E-state index contributed by atoms with van der Waals surface area (Å²) in [6.07, 6.45) is 1.77. The third kappa shape index (κ3) is 3.94. The highest BCUT2D eigenvalue weighted by Gasteiger charge is 2.41. The normalized spacial score (nSPS) is 19.5. The van der Waals surface area contributed by atoms with Crippen molar-refractivity contribution in [2.75, 3.05) is 6.61 Å². The van der Waals surface area contributed by atoms with Gasteiger partial charge in [0.05, 0.1) is 12.2 Å². The zero-order chi connectivity index (χ0) is 15.3. The number of benzene rings is 1. The average molecular weight is 298 g/mol. The Kier molecular flexibility index (Phi) is 5.57. The van der Waals surface area contributed by atoms with Crippen molar-refractivity contribution in [3.8, 4) is 5.75 Å². The molecule has 0 radical (unpaired) electrons. The lowest BCUT2D eigenvalue weighted by Crippen LogP contribution is -2.38. The monoisotopic (exact) mass is 298 g/mol. The Morgan fingerprint density at radius 2 is 1.81 bits per heavy atom. The molecule has 1 atom stereocenters. The highest BCUT2D eigenvalue weighted by atomic mass is 19.3. The minimum absolute atomic E-state index is 0.0850. The lowest BCUT2D eigenvalue weighted by molar-refractivity contribution is -0.0809. The molecule has 0 saturated heterocycles. The molecule has 1 fully saturated rings. The number of rotatable bonds is 6. The molecule has 1 unspecified atom stereocenters. The maximum Gasteiger partial charge on any atom is 0.241 e. The molecule has 0 heterocycles. The molecule has 21 heavy (non-hydrogen) atoms. The molecule has 0 bridgehead atoms. The number of hydrogen-bond acceptors (Lipinski definition) is 2. The van der Waals surface area contributed by atoms with Crippen molar-refractivity contribution in [3.63, 3.8) is 0 Å². The molecule has 1 N–H and O–H groups in total. The van der Waals surface area contributed by atoms with Crippen molar-refractivity contribution in [2.45, 2.75) is 57.5 Å². The van der Waals surface area contributed by atoms with Gasteiger partial charge in [-0.15, -0.1) is 0 Å². The van der Waals surface area contributed by atoms with E-state index in [1.54, 1.807) is 24.3 Å². The van der Waals surface area contributed by atoms with Gasteiger partial charge in [0.15, 0.2) is 0 Å². The van der Waals surface area contributed by atoms with E-state index in [4.69, 9.17) is 4.74 Å². The average Bonchev–Trinajstić information content (AvgIpc) is 2.48. The molecule has 2 nitrogen and oxygen atoms in total. The van der Waals surface area contributed by atoms with Crippen LogP contribution in [0.15, 0.2) is 24.3 Å². The fourth-order valence-corrected chi connectivity index (χ4v) is 3.34. The fraction of sp³-hybridized carbons (Fsp3) is 0.647. The van der Waals surface area contributed by atoms with Crippen LogP contribution in [0.1, 0.15) is 51.0 Å². The third-order valence-electron chi connectivity index (χ3n) is 4.41.